The number of primary sulfonamides is 1. The summed E-state index contributed by atoms with van der Waals surface area (Å²) in [5.41, 5.74) is 7.03. The molecule has 0 heterocycles. The van der Waals surface area contributed by atoms with Crippen molar-refractivity contribution in [2.24, 2.45) is 5.14 Å². The highest BCUT2D eigenvalue weighted by Crippen LogP contribution is 2.30. The third kappa shape index (κ3) is 3.17. The van der Waals surface area contributed by atoms with Gasteiger partial charge in [-0.2, -0.15) is 0 Å². The first-order valence-corrected chi connectivity index (χ1v) is 7.24. The Labute approximate surface area is 116 Å². The third-order valence-corrected chi connectivity index (χ3v) is 3.75. The van der Waals surface area contributed by atoms with Crippen LogP contribution >= 0.6 is 11.6 Å². The Morgan fingerprint density at radius 3 is 2.42 bits per heavy atom. The number of sulfonamides is 1. The van der Waals surface area contributed by atoms with Crippen molar-refractivity contribution in [1.82, 2.24) is 0 Å². The van der Waals surface area contributed by atoms with Crippen LogP contribution in [-0.2, 0) is 10.0 Å². The SMILES string of the molecule is Nc1ccc(Cl)c(Nc2ccccc2S(N)(=O)=O)c1. The van der Waals surface area contributed by atoms with E-state index in [1.165, 1.54) is 6.07 Å². The predicted molar refractivity (Wildman–Crippen MR) is 77.0 cm³/mol. The van der Waals surface area contributed by atoms with Gasteiger partial charge in [-0.25, -0.2) is 13.6 Å². The lowest BCUT2D eigenvalue weighted by atomic mass is 10.2. The second-order valence-corrected chi connectivity index (χ2v) is 5.84. The summed E-state index contributed by atoms with van der Waals surface area (Å²) in [5.74, 6) is 0. The van der Waals surface area contributed by atoms with Gasteiger partial charge < -0.3 is 11.1 Å². The molecule has 5 nitrogen and oxygen atoms in total. The number of anilines is 3. The third-order valence-electron chi connectivity index (χ3n) is 2.45. The molecule has 0 saturated heterocycles. The fourth-order valence-corrected chi connectivity index (χ4v) is 2.46. The van der Waals surface area contributed by atoms with Crippen molar-refractivity contribution in [2.75, 3.05) is 11.1 Å². The van der Waals surface area contributed by atoms with Gasteiger partial charge in [0.2, 0.25) is 10.0 Å². The van der Waals surface area contributed by atoms with Gasteiger partial charge in [0.15, 0.2) is 0 Å². The summed E-state index contributed by atoms with van der Waals surface area (Å²) in [6.07, 6.45) is 0. The minimum absolute atomic E-state index is 0.00603. The van der Waals surface area contributed by atoms with E-state index in [0.717, 1.165) is 0 Å². The molecule has 0 bridgehead atoms. The number of hydrogen-bond acceptors (Lipinski definition) is 4. The average Bonchev–Trinajstić information content (AvgIpc) is 2.33. The summed E-state index contributed by atoms with van der Waals surface area (Å²) >= 11 is 6.01. The summed E-state index contributed by atoms with van der Waals surface area (Å²) in [4.78, 5) is -0.00603. The quantitative estimate of drug-likeness (QED) is 0.757. The maximum atomic E-state index is 11.5. The fraction of sp³-hybridized carbons (Fsp3) is 0. The number of para-hydroxylation sites is 1. The largest absolute Gasteiger partial charge is 0.399 e. The molecule has 2 aromatic carbocycles. The van der Waals surface area contributed by atoms with E-state index >= 15 is 0 Å². The Kier molecular flexibility index (Phi) is 3.66. The van der Waals surface area contributed by atoms with E-state index in [1.807, 2.05) is 0 Å². The number of rotatable bonds is 3. The number of benzene rings is 2. The van der Waals surface area contributed by atoms with E-state index in [2.05, 4.69) is 5.32 Å². The van der Waals surface area contributed by atoms with Crippen LogP contribution in [0.15, 0.2) is 47.4 Å². The van der Waals surface area contributed by atoms with Gasteiger partial charge in [-0.15, -0.1) is 0 Å². The second-order valence-electron chi connectivity index (χ2n) is 3.91. The van der Waals surface area contributed by atoms with Crippen molar-refractivity contribution >= 4 is 38.7 Å². The molecule has 100 valence electrons. The van der Waals surface area contributed by atoms with Crippen LogP contribution in [0.4, 0.5) is 17.1 Å². The molecule has 0 unspecified atom stereocenters. The molecule has 0 radical (unpaired) electrons. The molecule has 2 aromatic rings. The van der Waals surface area contributed by atoms with Crippen LogP contribution in [0.3, 0.4) is 0 Å². The van der Waals surface area contributed by atoms with Crippen LogP contribution in [0.25, 0.3) is 0 Å². The van der Waals surface area contributed by atoms with Crippen LogP contribution in [0, 0.1) is 0 Å². The van der Waals surface area contributed by atoms with Gasteiger partial charge in [-0.1, -0.05) is 23.7 Å². The molecule has 0 amide bonds. The minimum atomic E-state index is -3.81. The number of nitrogen functional groups attached to an aromatic ring is 1. The summed E-state index contributed by atoms with van der Waals surface area (Å²) in [6, 6.07) is 11.2. The van der Waals surface area contributed by atoms with Crippen LogP contribution < -0.4 is 16.2 Å². The fourth-order valence-electron chi connectivity index (χ4n) is 1.60. The molecular formula is C12H12ClN3O2S. The van der Waals surface area contributed by atoms with Crippen LogP contribution in [0.5, 0.6) is 0 Å². The molecule has 0 aliphatic rings. The summed E-state index contributed by atoms with van der Waals surface area (Å²) in [5, 5.41) is 8.50. The lowest BCUT2D eigenvalue weighted by Gasteiger charge is -2.12. The molecule has 7 heteroatoms. The van der Waals surface area contributed by atoms with Crippen LogP contribution in [0.1, 0.15) is 0 Å². The molecule has 0 aliphatic carbocycles. The van der Waals surface area contributed by atoms with Crippen molar-refractivity contribution in [3.8, 4) is 0 Å². The monoisotopic (exact) mass is 297 g/mol. The molecule has 0 saturated carbocycles. The minimum Gasteiger partial charge on any atom is -0.399 e. The van der Waals surface area contributed by atoms with Crippen LogP contribution in [-0.4, -0.2) is 8.42 Å². The first-order chi connectivity index (χ1) is 8.88. The first kappa shape index (κ1) is 13.7. The summed E-state index contributed by atoms with van der Waals surface area (Å²) in [7, 11) is -3.81. The normalized spacial score (nSPS) is 11.3. The molecule has 0 aromatic heterocycles. The molecule has 0 aliphatic heterocycles. The summed E-state index contributed by atoms with van der Waals surface area (Å²) in [6.45, 7) is 0. The Hall–Kier alpha value is -1.76. The van der Waals surface area contributed by atoms with E-state index in [1.54, 1.807) is 36.4 Å². The molecule has 19 heavy (non-hydrogen) atoms. The number of nitrogens with one attached hydrogen (secondary N) is 1. The van der Waals surface area contributed by atoms with Crippen molar-refractivity contribution in [3.63, 3.8) is 0 Å². The summed E-state index contributed by atoms with van der Waals surface area (Å²) < 4.78 is 23.0. The number of halogens is 1. The zero-order valence-corrected chi connectivity index (χ0v) is 11.4. The van der Waals surface area contributed by atoms with Crippen molar-refractivity contribution in [2.45, 2.75) is 4.90 Å². The van der Waals surface area contributed by atoms with Crippen LogP contribution in [0.2, 0.25) is 5.02 Å². The Morgan fingerprint density at radius 1 is 1.05 bits per heavy atom. The van der Waals surface area contributed by atoms with Crippen molar-refractivity contribution in [3.05, 3.63) is 47.5 Å². The zero-order valence-electron chi connectivity index (χ0n) is 9.80. The van der Waals surface area contributed by atoms with Crippen molar-refractivity contribution < 1.29 is 8.42 Å². The average molecular weight is 298 g/mol. The van der Waals surface area contributed by atoms with Gasteiger partial charge >= 0.3 is 0 Å². The van der Waals surface area contributed by atoms with Crippen molar-refractivity contribution in [1.29, 1.82) is 0 Å². The highest BCUT2D eigenvalue weighted by atomic mass is 35.5. The smallest absolute Gasteiger partial charge is 0.240 e. The van der Waals surface area contributed by atoms with E-state index in [0.29, 0.717) is 22.1 Å². The topological polar surface area (TPSA) is 98.2 Å². The van der Waals surface area contributed by atoms with Gasteiger partial charge in [-0.05, 0) is 30.3 Å². The molecule has 2 rings (SSSR count). The van der Waals surface area contributed by atoms with Gasteiger partial charge in [0.25, 0.3) is 0 Å². The Morgan fingerprint density at radius 2 is 1.74 bits per heavy atom. The van der Waals surface area contributed by atoms with E-state index in [9.17, 15) is 8.42 Å². The molecule has 0 atom stereocenters. The maximum Gasteiger partial charge on any atom is 0.240 e. The van der Waals surface area contributed by atoms with Gasteiger partial charge in [0.1, 0.15) is 4.90 Å². The lowest BCUT2D eigenvalue weighted by Crippen LogP contribution is -2.14. The second kappa shape index (κ2) is 5.08. The number of hydrogen-bond donors (Lipinski definition) is 3. The highest BCUT2D eigenvalue weighted by molar-refractivity contribution is 7.89. The zero-order chi connectivity index (χ0) is 14.0. The molecule has 0 fully saturated rings. The van der Waals surface area contributed by atoms with E-state index in [4.69, 9.17) is 22.5 Å². The van der Waals surface area contributed by atoms with Gasteiger partial charge in [-0.3, -0.25) is 0 Å². The highest BCUT2D eigenvalue weighted by Gasteiger charge is 2.14. The molecule has 0 spiro atoms. The van der Waals surface area contributed by atoms with E-state index in [-0.39, 0.29) is 4.90 Å². The maximum absolute atomic E-state index is 11.5. The van der Waals surface area contributed by atoms with Gasteiger partial charge in [0.05, 0.1) is 16.4 Å². The molecule has 5 N–H and O–H groups in total. The predicted octanol–water partition coefficient (Wildman–Crippen LogP) is 2.31. The Balaban J connectivity index is 2.47. The van der Waals surface area contributed by atoms with Gasteiger partial charge in [0, 0.05) is 5.69 Å². The molecular weight excluding hydrogens is 286 g/mol. The standard InChI is InChI=1S/C12H12ClN3O2S/c13-9-6-5-8(14)7-11(9)16-10-3-1-2-4-12(10)19(15,17)18/h1-7,16H,14H2,(H2,15,17,18). The Bertz CT molecular complexity index is 717. The first-order valence-electron chi connectivity index (χ1n) is 5.32. The van der Waals surface area contributed by atoms with E-state index < -0.39 is 10.0 Å². The lowest BCUT2D eigenvalue weighted by molar-refractivity contribution is 0.598. The number of nitrogens with two attached hydrogens (primary N) is 2.